The van der Waals surface area contributed by atoms with Crippen molar-refractivity contribution in [1.29, 1.82) is 0 Å². The van der Waals surface area contributed by atoms with Gasteiger partial charge in [0.25, 0.3) is 0 Å². The molecular formula is C27H25N3O2. The van der Waals surface area contributed by atoms with Gasteiger partial charge in [0.15, 0.2) is 5.78 Å². The monoisotopic (exact) mass is 423 g/mol. The summed E-state index contributed by atoms with van der Waals surface area (Å²) in [7, 11) is 0. The molecule has 3 aromatic rings. The number of hydrogen-bond acceptors (Lipinski definition) is 5. The first-order chi connectivity index (χ1) is 15.5. The molecule has 0 amide bonds. The minimum absolute atomic E-state index is 0.0880. The molecule has 5 rings (SSSR count). The van der Waals surface area contributed by atoms with Crippen molar-refractivity contribution in [2.24, 2.45) is 4.99 Å². The molecule has 1 N–H and O–H groups in total. The number of ether oxygens (including phenoxy) is 1. The second kappa shape index (κ2) is 7.75. The minimum Gasteiger partial charge on any atom is -0.489 e. The molecule has 1 aliphatic carbocycles. The Balaban J connectivity index is 1.48. The molecule has 2 aromatic carbocycles. The molecule has 0 radical (unpaired) electrons. The van der Waals surface area contributed by atoms with E-state index >= 15 is 0 Å². The molecule has 0 atom stereocenters. The smallest absolute Gasteiger partial charge is 0.191 e. The number of benzene rings is 2. The topological polar surface area (TPSA) is 63.6 Å². The van der Waals surface area contributed by atoms with Crippen LogP contribution >= 0.6 is 0 Å². The van der Waals surface area contributed by atoms with E-state index in [1.807, 2.05) is 30.3 Å². The molecule has 1 aliphatic heterocycles. The van der Waals surface area contributed by atoms with Crippen LogP contribution in [-0.2, 0) is 25.0 Å². The number of carbonyl (C=O) groups excluding carboxylic acids is 1. The van der Waals surface area contributed by atoms with Crippen LogP contribution in [0.25, 0.3) is 0 Å². The first-order valence-corrected chi connectivity index (χ1v) is 10.7. The number of pyridine rings is 1. The highest BCUT2D eigenvalue weighted by molar-refractivity contribution is 6.13. The van der Waals surface area contributed by atoms with E-state index in [2.05, 4.69) is 54.1 Å². The van der Waals surface area contributed by atoms with Gasteiger partial charge in [-0.05, 0) is 65.4 Å². The van der Waals surface area contributed by atoms with Gasteiger partial charge < -0.3 is 10.1 Å². The molecule has 0 unspecified atom stereocenters. The Morgan fingerprint density at radius 3 is 2.69 bits per heavy atom. The van der Waals surface area contributed by atoms with E-state index in [0.717, 1.165) is 50.5 Å². The van der Waals surface area contributed by atoms with Crippen molar-refractivity contribution in [3.05, 3.63) is 100 Å². The van der Waals surface area contributed by atoms with Gasteiger partial charge in [0.2, 0.25) is 0 Å². The lowest BCUT2D eigenvalue weighted by molar-refractivity contribution is 0.102. The fourth-order valence-electron chi connectivity index (χ4n) is 4.61. The van der Waals surface area contributed by atoms with Crippen LogP contribution in [-0.4, -0.2) is 17.5 Å². The lowest BCUT2D eigenvalue weighted by Gasteiger charge is -2.40. The highest BCUT2D eigenvalue weighted by Gasteiger charge is 2.41. The fraction of sp³-hybridized carbons (Fsp3) is 0.222. The summed E-state index contributed by atoms with van der Waals surface area (Å²) in [6, 6.07) is 15.9. The van der Waals surface area contributed by atoms with Gasteiger partial charge in [-0.2, -0.15) is 0 Å². The van der Waals surface area contributed by atoms with Gasteiger partial charge in [-0.3, -0.25) is 14.8 Å². The Hall–Kier alpha value is -3.73. The molecule has 0 saturated heterocycles. The highest BCUT2D eigenvalue weighted by atomic mass is 16.5. The highest BCUT2D eigenvalue weighted by Crippen LogP contribution is 2.46. The van der Waals surface area contributed by atoms with E-state index in [9.17, 15) is 4.79 Å². The number of aliphatic imine (C=N–C) groups is 1. The zero-order chi connectivity index (χ0) is 22.3. The van der Waals surface area contributed by atoms with Gasteiger partial charge in [-0.15, -0.1) is 0 Å². The third-order valence-electron chi connectivity index (χ3n) is 6.36. The summed E-state index contributed by atoms with van der Waals surface area (Å²) >= 11 is 0. The van der Waals surface area contributed by atoms with Crippen molar-refractivity contribution in [3.8, 4) is 5.75 Å². The zero-order valence-electron chi connectivity index (χ0n) is 18.3. The Bertz CT molecular complexity index is 1260. The van der Waals surface area contributed by atoms with Crippen molar-refractivity contribution >= 4 is 18.2 Å². The summed E-state index contributed by atoms with van der Waals surface area (Å²) in [4.78, 5) is 21.5. The van der Waals surface area contributed by atoms with E-state index < -0.39 is 0 Å². The SMILES string of the molecule is C=NCc1ccc2c(c1)NC1=C(C2)C(=O)c2ccc(OCc3ccncc3)cc2C1(C)C. The van der Waals surface area contributed by atoms with Crippen LogP contribution in [0.15, 0.2) is 77.2 Å². The van der Waals surface area contributed by atoms with Crippen molar-refractivity contribution < 1.29 is 9.53 Å². The molecule has 32 heavy (non-hydrogen) atoms. The molecule has 0 saturated carbocycles. The van der Waals surface area contributed by atoms with E-state index in [1.165, 1.54) is 0 Å². The normalized spacial score (nSPS) is 15.9. The van der Waals surface area contributed by atoms with E-state index in [-0.39, 0.29) is 11.2 Å². The Morgan fingerprint density at radius 2 is 1.91 bits per heavy atom. The number of ketones is 1. The van der Waals surface area contributed by atoms with Crippen LogP contribution in [0.5, 0.6) is 5.75 Å². The van der Waals surface area contributed by atoms with E-state index in [1.54, 1.807) is 12.4 Å². The maximum Gasteiger partial charge on any atom is 0.191 e. The molecule has 0 bridgehead atoms. The van der Waals surface area contributed by atoms with Crippen LogP contribution in [0.3, 0.4) is 0 Å². The maximum atomic E-state index is 13.4. The molecule has 5 nitrogen and oxygen atoms in total. The third kappa shape index (κ3) is 3.40. The number of aromatic nitrogens is 1. The van der Waals surface area contributed by atoms with Crippen LogP contribution in [0.1, 0.15) is 46.5 Å². The molecule has 2 aliphatic rings. The lowest BCUT2D eigenvalue weighted by atomic mass is 9.69. The van der Waals surface area contributed by atoms with Crippen molar-refractivity contribution in [3.63, 3.8) is 0 Å². The number of nitrogens with zero attached hydrogens (tertiary/aromatic N) is 2. The van der Waals surface area contributed by atoms with Crippen LogP contribution < -0.4 is 10.1 Å². The molecule has 1 aromatic heterocycles. The first kappa shape index (κ1) is 20.2. The predicted molar refractivity (Wildman–Crippen MR) is 126 cm³/mol. The van der Waals surface area contributed by atoms with Crippen LogP contribution in [0.2, 0.25) is 0 Å². The van der Waals surface area contributed by atoms with Crippen LogP contribution in [0, 0.1) is 0 Å². The Labute approximate surface area is 187 Å². The fourth-order valence-corrected chi connectivity index (χ4v) is 4.61. The zero-order valence-corrected chi connectivity index (χ0v) is 18.3. The summed E-state index contributed by atoms with van der Waals surface area (Å²) < 4.78 is 6.03. The Morgan fingerprint density at radius 1 is 1.09 bits per heavy atom. The molecule has 2 heterocycles. The Kier molecular flexibility index (Phi) is 4.89. The second-order valence-corrected chi connectivity index (χ2v) is 8.83. The molecular weight excluding hydrogens is 398 g/mol. The minimum atomic E-state index is -0.362. The number of rotatable bonds is 5. The summed E-state index contributed by atoms with van der Waals surface area (Å²) in [5, 5.41) is 3.59. The molecule has 0 spiro atoms. The van der Waals surface area contributed by atoms with Gasteiger partial charge in [0, 0.05) is 46.8 Å². The number of fused-ring (bicyclic) bond motifs is 2. The first-order valence-electron chi connectivity index (χ1n) is 10.7. The predicted octanol–water partition coefficient (Wildman–Crippen LogP) is 5.26. The summed E-state index contributed by atoms with van der Waals surface area (Å²) in [6.45, 7) is 8.94. The number of carbonyl (C=O) groups is 1. The summed E-state index contributed by atoms with van der Waals surface area (Å²) in [5.74, 6) is 0.839. The number of hydrogen-bond donors (Lipinski definition) is 1. The van der Waals surface area contributed by atoms with Crippen LogP contribution in [0.4, 0.5) is 5.69 Å². The standard InChI is InChI=1S/C27H25N3O2/c1-27(2)23-14-20(32-16-17-8-10-29-11-9-17)6-7-21(23)25(31)22-13-19-5-4-18(15-28-3)12-24(19)30-26(22)27/h4-12,14,30H,3,13,15-16H2,1-2H3. The third-order valence-corrected chi connectivity index (χ3v) is 6.36. The summed E-state index contributed by atoms with van der Waals surface area (Å²) in [6.07, 6.45) is 4.14. The summed E-state index contributed by atoms with van der Waals surface area (Å²) in [5.41, 5.74) is 7.50. The van der Waals surface area contributed by atoms with Crippen molar-refractivity contribution in [1.82, 2.24) is 4.98 Å². The van der Waals surface area contributed by atoms with Gasteiger partial charge in [0.1, 0.15) is 12.4 Å². The van der Waals surface area contributed by atoms with Gasteiger partial charge in [-0.25, -0.2) is 0 Å². The van der Waals surface area contributed by atoms with E-state index in [4.69, 9.17) is 4.74 Å². The lowest BCUT2D eigenvalue weighted by Crippen LogP contribution is -2.37. The molecule has 160 valence electrons. The number of allylic oxidation sites excluding steroid dienone is 2. The number of nitrogens with one attached hydrogen (secondary N) is 1. The van der Waals surface area contributed by atoms with E-state index in [0.29, 0.717) is 19.6 Å². The van der Waals surface area contributed by atoms with Gasteiger partial charge >= 0.3 is 0 Å². The quantitative estimate of drug-likeness (QED) is 0.569. The second-order valence-electron chi connectivity index (χ2n) is 8.83. The van der Waals surface area contributed by atoms with Crippen molar-refractivity contribution in [2.75, 3.05) is 5.32 Å². The number of Topliss-reactive ketones (excluding diaryl/α,β-unsaturated/α-hetero) is 1. The van der Waals surface area contributed by atoms with Crippen molar-refractivity contribution in [2.45, 2.75) is 38.8 Å². The molecule has 0 fully saturated rings. The maximum absolute atomic E-state index is 13.4. The molecule has 5 heteroatoms. The van der Waals surface area contributed by atoms with Gasteiger partial charge in [-0.1, -0.05) is 26.0 Å². The van der Waals surface area contributed by atoms with Gasteiger partial charge in [0.05, 0.1) is 6.54 Å². The average molecular weight is 424 g/mol. The number of anilines is 1. The average Bonchev–Trinajstić information content (AvgIpc) is 2.81. The largest absolute Gasteiger partial charge is 0.489 e.